The Hall–Kier alpha value is -4.24. The topological polar surface area (TPSA) is 17.0 Å². The van der Waals surface area contributed by atoms with Crippen molar-refractivity contribution in [1.29, 1.82) is 0 Å². The van der Waals surface area contributed by atoms with E-state index >= 15 is 4.39 Å². The molecule has 1 aliphatic carbocycles. The first-order valence-electron chi connectivity index (χ1n) is 13.9. The van der Waals surface area contributed by atoms with Gasteiger partial charge in [0.2, 0.25) is 5.69 Å². The Bertz CT molecular complexity index is 1840. The van der Waals surface area contributed by atoms with Gasteiger partial charge >= 0.3 is 0 Å². The van der Waals surface area contributed by atoms with Crippen LogP contribution < -0.4 is 4.57 Å². The SMILES string of the molecule is Cc1ccc2c(oc3c(-c4ccc(-c5cccc(C6CCCC6)c5)cc4)c(F)ccc32)c1-c1cccc[n+]1C. The number of hydrogen-bond acceptors (Lipinski definition) is 1. The highest BCUT2D eigenvalue weighted by Gasteiger charge is 2.23. The fourth-order valence-electron chi connectivity index (χ4n) is 6.41. The van der Waals surface area contributed by atoms with Crippen LogP contribution in [-0.2, 0) is 7.05 Å². The summed E-state index contributed by atoms with van der Waals surface area (Å²) in [5.74, 6) is 0.400. The highest BCUT2D eigenvalue weighted by molar-refractivity contribution is 6.13. The first kappa shape index (κ1) is 23.8. The molecule has 192 valence electrons. The molecule has 1 aliphatic rings. The lowest BCUT2D eigenvalue weighted by atomic mass is 9.93. The Morgan fingerprint density at radius 3 is 2.21 bits per heavy atom. The van der Waals surface area contributed by atoms with Gasteiger partial charge in [-0.15, -0.1) is 0 Å². The molecule has 0 atom stereocenters. The molecule has 4 aromatic carbocycles. The Morgan fingerprint density at radius 2 is 1.44 bits per heavy atom. The van der Waals surface area contributed by atoms with Crippen molar-refractivity contribution < 1.29 is 13.4 Å². The van der Waals surface area contributed by atoms with Gasteiger partial charge in [-0.3, -0.25) is 0 Å². The minimum Gasteiger partial charge on any atom is -0.454 e. The smallest absolute Gasteiger partial charge is 0.216 e. The molecular formula is C36H31FNO+. The van der Waals surface area contributed by atoms with E-state index in [0.29, 0.717) is 17.1 Å². The zero-order chi connectivity index (χ0) is 26.5. The molecule has 0 amide bonds. The second-order valence-electron chi connectivity index (χ2n) is 10.9. The number of pyridine rings is 1. The van der Waals surface area contributed by atoms with Gasteiger partial charge in [0.05, 0.1) is 11.1 Å². The predicted molar refractivity (Wildman–Crippen MR) is 157 cm³/mol. The number of hydrogen-bond donors (Lipinski definition) is 0. The Morgan fingerprint density at radius 1 is 0.718 bits per heavy atom. The highest BCUT2D eigenvalue weighted by Crippen LogP contribution is 2.42. The molecule has 0 saturated heterocycles. The third-order valence-electron chi connectivity index (χ3n) is 8.50. The second kappa shape index (κ2) is 9.50. The summed E-state index contributed by atoms with van der Waals surface area (Å²) in [6, 6.07) is 30.9. The van der Waals surface area contributed by atoms with E-state index in [9.17, 15) is 0 Å². The Balaban J connectivity index is 1.35. The normalized spacial score (nSPS) is 14.0. The van der Waals surface area contributed by atoms with Gasteiger partial charge < -0.3 is 4.42 Å². The quantitative estimate of drug-likeness (QED) is 0.215. The molecule has 0 N–H and O–H groups in total. The molecule has 39 heavy (non-hydrogen) atoms. The molecule has 6 aromatic rings. The van der Waals surface area contributed by atoms with E-state index in [0.717, 1.165) is 44.3 Å². The minimum absolute atomic E-state index is 0.277. The van der Waals surface area contributed by atoms with Crippen LogP contribution in [0.1, 0.15) is 42.7 Å². The summed E-state index contributed by atoms with van der Waals surface area (Å²) in [5.41, 5.74) is 9.72. The van der Waals surface area contributed by atoms with Gasteiger partial charge in [0.1, 0.15) is 24.0 Å². The summed E-state index contributed by atoms with van der Waals surface area (Å²) in [4.78, 5) is 0. The van der Waals surface area contributed by atoms with Crippen LogP contribution >= 0.6 is 0 Å². The summed E-state index contributed by atoms with van der Waals surface area (Å²) in [7, 11) is 2.03. The molecule has 0 spiro atoms. The van der Waals surface area contributed by atoms with E-state index in [-0.39, 0.29) is 5.82 Å². The van der Waals surface area contributed by atoms with Crippen molar-refractivity contribution in [1.82, 2.24) is 0 Å². The van der Waals surface area contributed by atoms with Gasteiger partial charge in [-0.1, -0.05) is 73.5 Å². The maximum atomic E-state index is 15.5. The van der Waals surface area contributed by atoms with Crippen LogP contribution in [0.4, 0.5) is 4.39 Å². The number of aryl methyl sites for hydroxylation is 2. The summed E-state index contributed by atoms with van der Waals surface area (Å²) >= 11 is 0. The lowest BCUT2D eigenvalue weighted by Crippen LogP contribution is -2.30. The van der Waals surface area contributed by atoms with Crippen LogP contribution in [0.2, 0.25) is 0 Å². The van der Waals surface area contributed by atoms with Crippen molar-refractivity contribution in [3.05, 3.63) is 114 Å². The molecule has 2 heterocycles. The van der Waals surface area contributed by atoms with Crippen molar-refractivity contribution in [2.45, 2.75) is 38.5 Å². The maximum absolute atomic E-state index is 15.5. The van der Waals surface area contributed by atoms with Crippen molar-refractivity contribution in [3.63, 3.8) is 0 Å². The van der Waals surface area contributed by atoms with Gasteiger partial charge in [-0.2, -0.15) is 0 Å². The minimum atomic E-state index is -0.277. The van der Waals surface area contributed by atoms with Crippen LogP contribution in [-0.4, -0.2) is 0 Å². The predicted octanol–water partition coefficient (Wildman–Crippen LogP) is 9.52. The standard InChI is InChI=1S/C36H31FNO/c1-23-13-18-29-30-19-20-31(37)34(36(30)39-35(29)33(23)32-12-5-6-21-38(32)2)26-16-14-25(15-17-26)28-11-7-10-27(22-28)24-8-3-4-9-24/h5-7,10-22,24H,3-4,8-9H2,1-2H3/q+1. The number of rotatable bonds is 4. The van der Waals surface area contributed by atoms with E-state index in [1.807, 2.05) is 43.6 Å². The van der Waals surface area contributed by atoms with Gasteiger partial charge in [-0.05, 0) is 71.7 Å². The van der Waals surface area contributed by atoms with Crippen LogP contribution in [0, 0.1) is 12.7 Å². The molecular weight excluding hydrogens is 481 g/mol. The van der Waals surface area contributed by atoms with Gasteiger partial charge in [0, 0.05) is 22.9 Å². The molecule has 0 aliphatic heterocycles. The largest absolute Gasteiger partial charge is 0.454 e. The van der Waals surface area contributed by atoms with E-state index in [1.165, 1.54) is 36.8 Å². The number of halogens is 1. The zero-order valence-electron chi connectivity index (χ0n) is 22.4. The average molecular weight is 513 g/mol. The number of nitrogens with zero attached hydrogens (tertiary/aromatic N) is 1. The molecule has 0 radical (unpaired) electrons. The van der Waals surface area contributed by atoms with Crippen LogP contribution in [0.5, 0.6) is 0 Å². The van der Waals surface area contributed by atoms with Gasteiger partial charge in [0.25, 0.3) is 0 Å². The molecule has 1 saturated carbocycles. The van der Waals surface area contributed by atoms with E-state index < -0.39 is 0 Å². The molecule has 7 rings (SSSR count). The van der Waals surface area contributed by atoms with Crippen molar-refractivity contribution >= 4 is 21.9 Å². The van der Waals surface area contributed by atoms with Gasteiger partial charge in [0.15, 0.2) is 6.20 Å². The van der Waals surface area contributed by atoms with Crippen molar-refractivity contribution in [3.8, 4) is 33.5 Å². The summed E-state index contributed by atoms with van der Waals surface area (Å²) in [5, 5.41) is 1.92. The van der Waals surface area contributed by atoms with E-state index in [2.05, 4.69) is 66.1 Å². The fourth-order valence-corrected chi connectivity index (χ4v) is 6.41. The number of fused-ring (bicyclic) bond motifs is 3. The molecule has 2 nitrogen and oxygen atoms in total. The number of benzene rings is 4. The first-order chi connectivity index (χ1) is 19.1. The number of furan rings is 1. The lowest BCUT2D eigenvalue weighted by molar-refractivity contribution is -0.660. The molecule has 2 aromatic heterocycles. The Labute approximate surface area is 228 Å². The average Bonchev–Trinajstić information content (AvgIpc) is 3.63. The first-order valence-corrected chi connectivity index (χ1v) is 13.9. The van der Waals surface area contributed by atoms with E-state index in [4.69, 9.17) is 4.42 Å². The Kier molecular flexibility index (Phi) is 5.81. The van der Waals surface area contributed by atoms with E-state index in [1.54, 1.807) is 6.07 Å². The monoisotopic (exact) mass is 512 g/mol. The number of aromatic nitrogens is 1. The molecule has 0 bridgehead atoms. The third-order valence-corrected chi connectivity index (χ3v) is 8.50. The summed E-state index contributed by atoms with van der Waals surface area (Å²) < 4.78 is 24.2. The van der Waals surface area contributed by atoms with Crippen molar-refractivity contribution in [2.24, 2.45) is 7.05 Å². The summed E-state index contributed by atoms with van der Waals surface area (Å²) in [6.07, 6.45) is 7.26. The molecule has 0 unspecified atom stereocenters. The van der Waals surface area contributed by atoms with Gasteiger partial charge in [-0.25, -0.2) is 8.96 Å². The highest BCUT2D eigenvalue weighted by atomic mass is 19.1. The van der Waals surface area contributed by atoms with Crippen molar-refractivity contribution in [2.75, 3.05) is 0 Å². The fraction of sp³-hybridized carbons (Fsp3) is 0.194. The lowest BCUT2D eigenvalue weighted by Gasteiger charge is -2.12. The third kappa shape index (κ3) is 4.04. The van der Waals surface area contributed by atoms with Crippen LogP contribution in [0.25, 0.3) is 55.4 Å². The van der Waals surface area contributed by atoms with Crippen LogP contribution in [0.15, 0.2) is 102 Å². The second-order valence-corrected chi connectivity index (χ2v) is 10.9. The molecule has 1 fully saturated rings. The zero-order valence-corrected chi connectivity index (χ0v) is 22.4. The van der Waals surface area contributed by atoms with Crippen LogP contribution in [0.3, 0.4) is 0 Å². The maximum Gasteiger partial charge on any atom is 0.216 e. The summed E-state index contributed by atoms with van der Waals surface area (Å²) in [6.45, 7) is 2.09. The molecule has 3 heteroatoms.